The van der Waals surface area contributed by atoms with Crippen LogP contribution < -0.4 is 10.6 Å². The van der Waals surface area contributed by atoms with Gasteiger partial charge in [0.2, 0.25) is 5.91 Å². The lowest BCUT2D eigenvalue weighted by molar-refractivity contribution is -0.140. The number of amides is 1. The maximum atomic E-state index is 11.9. The third kappa shape index (κ3) is 2.80. The number of ether oxygens (including phenoxy) is 1. The van der Waals surface area contributed by atoms with Crippen molar-refractivity contribution >= 4 is 17.6 Å². The summed E-state index contributed by atoms with van der Waals surface area (Å²) in [5.41, 5.74) is 2.15. The van der Waals surface area contributed by atoms with Crippen LogP contribution in [0.5, 0.6) is 0 Å². The molecule has 1 heterocycles. The number of hydrogen-bond acceptors (Lipinski definition) is 4. The van der Waals surface area contributed by atoms with Crippen LogP contribution in [0, 0.1) is 0 Å². The third-order valence-electron chi connectivity index (χ3n) is 2.94. The van der Waals surface area contributed by atoms with Gasteiger partial charge in [-0.3, -0.25) is 9.59 Å². The second kappa shape index (κ2) is 5.53. The van der Waals surface area contributed by atoms with Gasteiger partial charge >= 0.3 is 5.97 Å². The standard InChI is InChI=1S/C13H16N2O3/c1-18-12(16)6-7-14-13(17)11-8-9-4-2-3-5-10(9)15-11/h2-5,11,15H,6-8H2,1H3,(H,14,17). The SMILES string of the molecule is COC(=O)CCNC(=O)C1Cc2ccccc2N1. The second-order valence-corrected chi connectivity index (χ2v) is 4.18. The van der Waals surface area contributed by atoms with Crippen molar-refractivity contribution in [2.75, 3.05) is 19.0 Å². The molecule has 5 heteroatoms. The molecule has 0 saturated heterocycles. The van der Waals surface area contributed by atoms with Crippen LogP contribution >= 0.6 is 0 Å². The molecule has 0 radical (unpaired) electrons. The van der Waals surface area contributed by atoms with Gasteiger partial charge in [0.25, 0.3) is 0 Å². The Morgan fingerprint density at radius 1 is 1.44 bits per heavy atom. The molecule has 1 amide bonds. The summed E-state index contributed by atoms with van der Waals surface area (Å²) in [5, 5.41) is 5.88. The summed E-state index contributed by atoms with van der Waals surface area (Å²) in [4.78, 5) is 22.8. The van der Waals surface area contributed by atoms with E-state index in [-0.39, 0.29) is 24.3 Å². The van der Waals surface area contributed by atoms with Gasteiger partial charge in [0.15, 0.2) is 0 Å². The Labute approximate surface area is 106 Å². The average molecular weight is 248 g/mol. The van der Waals surface area contributed by atoms with E-state index in [9.17, 15) is 9.59 Å². The largest absolute Gasteiger partial charge is 0.469 e. The predicted octanol–water partition coefficient (Wildman–Crippen LogP) is 0.702. The molecule has 5 nitrogen and oxygen atoms in total. The highest BCUT2D eigenvalue weighted by molar-refractivity contribution is 5.87. The number of esters is 1. The number of hydrogen-bond donors (Lipinski definition) is 2. The van der Waals surface area contributed by atoms with E-state index in [1.165, 1.54) is 7.11 Å². The number of nitrogens with one attached hydrogen (secondary N) is 2. The van der Waals surface area contributed by atoms with E-state index in [1.807, 2.05) is 24.3 Å². The quantitative estimate of drug-likeness (QED) is 0.770. The van der Waals surface area contributed by atoms with Gasteiger partial charge < -0.3 is 15.4 Å². The van der Waals surface area contributed by atoms with Gasteiger partial charge in [-0.05, 0) is 11.6 Å². The van der Waals surface area contributed by atoms with Crippen LogP contribution in [0.25, 0.3) is 0 Å². The summed E-state index contributed by atoms with van der Waals surface area (Å²) in [7, 11) is 1.33. The van der Waals surface area contributed by atoms with Gasteiger partial charge in [-0.1, -0.05) is 18.2 Å². The number of carbonyl (C=O) groups excluding carboxylic acids is 2. The number of carbonyl (C=O) groups is 2. The van der Waals surface area contributed by atoms with Gasteiger partial charge in [0, 0.05) is 18.7 Å². The highest BCUT2D eigenvalue weighted by Gasteiger charge is 2.25. The first-order chi connectivity index (χ1) is 8.70. The van der Waals surface area contributed by atoms with Crippen LogP contribution in [-0.2, 0) is 20.7 Å². The van der Waals surface area contributed by atoms with Gasteiger partial charge in [-0.2, -0.15) is 0 Å². The van der Waals surface area contributed by atoms with Crippen LogP contribution in [0.15, 0.2) is 24.3 Å². The van der Waals surface area contributed by atoms with E-state index in [0.29, 0.717) is 13.0 Å². The van der Waals surface area contributed by atoms with Crippen molar-refractivity contribution < 1.29 is 14.3 Å². The lowest BCUT2D eigenvalue weighted by atomic mass is 10.1. The van der Waals surface area contributed by atoms with Gasteiger partial charge in [0.05, 0.1) is 13.5 Å². The molecule has 0 saturated carbocycles. The highest BCUT2D eigenvalue weighted by Crippen LogP contribution is 2.24. The molecule has 1 atom stereocenters. The zero-order chi connectivity index (χ0) is 13.0. The first-order valence-corrected chi connectivity index (χ1v) is 5.89. The van der Waals surface area contributed by atoms with E-state index in [4.69, 9.17) is 0 Å². The summed E-state index contributed by atoms with van der Waals surface area (Å²) in [5.74, 6) is -0.409. The topological polar surface area (TPSA) is 67.4 Å². The van der Waals surface area contributed by atoms with Crippen molar-refractivity contribution in [3.8, 4) is 0 Å². The molecule has 0 aliphatic carbocycles. The van der Waals surface area contributed by atoms with Crippen molar-refractivity contribution in [2.24, 2.45) is 0 Å². The van der Waals surface area contributed by atoms with Gasteiger partial charge in [0.1, 0.15) is 6.04 Å². The summed E-state index contributed by atoms with van der Waals surface area (Å²) < 4.78 is 4.50. The van der Waals surface area contributed by atoms with Gasteiger partial charge in [-0.15, -0.1) is 0 Å². The molecule has 2 N–H and O–H groups in total. The van der Waals surface area contributed by atoms with Crippen molar-refractivity contribution in [2.45, 2.75) is 18.9 Å². The maximum Gasteiger partial charge on any atom is 0.307 e. The monoisotopic (exact) mass is 248 g/mol. The Kier molecular flexibility index (Phi) is 3.82. The molecule has 18 heavy (non-hydrogen) atoms. The van der Waals surface area contributed by atoms with Crippen LogP contribution in [0.3, 0.4) is 0 Å². The Morgan fingerprint density at radius 2 is 2.22 bits per heavy atom. The summed E-state index contributed by atoms with van der Waals surface area (Å²) in [6.45, 7) is 0.306. The van der Waals surface area contributed by atoms with Crippen molar-refractivity contribution in [3.05, 3.63) is 29.8 Å². The fourth-order valence-electron chi connectivity index (χ4n) is 1.97. The normalized spacial score (nSPS) is 16.6. The molecule has 96 valence electrons. The maximum absolute atomic E-state index is 11.9. The van der Waals surface area contributed by atoms with Crippen LogP contribution in [-0.4, -0.2) is 31.6 Å². The first-order valence-electron chi connectivity index (χ1n) is 5.89. The molecule has 1 aromatic carbocycles. The molecule has 2 rings (SSSR count). The predicted molar refractivity (Wildman–Crippen MR) is 67.2 cm³/mol. The third-order valence-corrected chi connectivity index (χ3v) is 2.94. The molecule has 1 aliphatic rings. The summed E-state index contributed by atoms with van der Waals surface area (Å²) in [6, 6.07) is 7.60. The molecule has 0 spiro atoms. The van der Waals surface area contributed by atoms with Crippen LogP contribution in [0.1, 0.15) is 12.0 Å². The van der Waals surface area contributed by atoms with E-state index in [1.54, 1.807) is 0 Å². The number of fused-ring (bicyclic) bond motifs is 1. The Morgan fingerprint density at radius 3 is 2.94 bits per heavy atom. The van der Waals surface area contributed by atoms with Gasteiger partial charge in [-0.25, -0.2) is 0 Å². The summed E-state index contributed by atoms with van der Waals surface area (Å²) in [6.07, 6.45) is 0.877. The minimum Gasteiger partial charge on any atom is -0.469 e. The number of para-hydroxylation sites is 1. The average Bonchev–Trinajstić information content (AvgIpc) is 2.82. The van der Waals surface area contributed by atoms with Crippen molar-refractivity contribution in [1.29, 1.82) is 0 Å². The lowest BCUT2D eigenvalue weighted by Crippen LogP contribution is -2.39. The molecule has 0 aromatic heterocycles. The smallest absolute Gasteiger partial charge is 0.307 e. The van der Waals surface area contributed by atoms with E-state index < -0.39 is 0 Å². The lowest BCUT2D eigenvalue weighted by Gasteiger charge is -2.11. The summed E-state index contributed by atoms with van der Waals surface area (Å²) >= 11 is 0. The molecule has 1 aromatic rings. The molecular formula is C13H16N2O3. The Hall–Kier alpha value is -2.04. The first kappa shape index (κ1) is 12.4. The van der Waals surface area contributed by atoms with E-state index in [0.717, 1.165) is 11.3 Å². The molecule has 0 bridgehead atoms. The zero-order valence-electron chi connectivity index (χ0n) is 10.2. The van der Waals surface area contributed by atoms with Crippen molar-refractivity contribution in [1.82, 2.24) is 5.32 Å². The second-order valence-electron chi connectivity index (χ2n) is 4.18. The van der Waals surface area contributed by atoms with Crippen LogP contribution in [0.4, 0.5) is 5.69 Å². The number of methoxy groups -OCH3 is 1. The fourth-order valence-corrected chi connectivity index (χ4v) is 1.97. The molecule has 0 fully saturated rings. The van der Waals surface area contributed by atoms with Crippen molar-refractivity contribution in [3.63, 3.8) is 0 Å². The number of anilines is 1. The van der Waals surface area contributed by atoms with E-state index >= 15 is 0 Å². The molecule has 1 aliphatic heterocycles. The Bertz CT molecular complexity index is 434. The molecular weight excluding hydrogens is 232 g/mol. The zero-order valence-corrected chi connectivity index (χ0v) is 10.2. The molecule has 1 unspecified atom stereocenters. The van der Waals surface area contributed by atoms with Crippen LogP contribution in [0.2, 0.25) is 0 Å². The fraction of sp³-hybridized carbons (Fsp3) is 0.385. The highest BCUT2D eigenvalue weighted by atomic mass is 16.5. The van der Waals surface area contributed by atoms with E-state index in [2.05, 4.69) is 15.4 Å². The minimum absolute atomic E-state index is 0.0879. The minimum atomic E-state index is -0.321. The number of benzene rings is 1. The number of rotatable bonds is 4. The Balaban J connectivity index is 1.81.